The van der Waals surface area contributed by atoms with Crippen LogP contribution in [0, 0.1) is 0 Å². The number of benzene rings is 2. The van der Waals surface area contributed by atoms with Gasteiger partial charge in [-0.3, -0.25) is 0 Å². The lowest BCUT2D eigenvalue weighted by Gasteiger charge is -2.13. The first-order chi connectivity index (χ1) is 9.58. The summed E-state index contributed by atoms with van der Waals surface area (Å²) in [6.45, 7) is 2.00. The van der Waals surface area contributed by atoms with E-state index in [2.05, 4.69) is 40.4 Å². The van der Waals surface area contributed by atoms with Gasteiger partial charge in [-0.05, 0) is 67.6 Å². The Labute approximate surface area is 132 Å². The molecule has 0 aliphatic carbocycles. The van der Waals surface area contributed by atoms with E-state index in [0.29, 0.717) is 0 Å². The van der Waals surface area contributed by atoms with Gasteiger partial charge in [0.15, 0.2) is 0 Å². The molecule has 0 aliphatic rings. The second kappa shape index (κ2) is 7.16. The summed E-state index contributed by atoms with van der Waals surface area (Å²) in [5.74, 6) is 1.71. The van der Waals surface area contributed by atoms with Crippen molar-refractivity contribution in [3.63, 3.8) is 0 Å². The zero-order chi connectivity index (χ0) is 14.5. The zero-order valence-corrected chi connectivity index (χ0v) is 14.0. The quantitative estimate of drug-likeness (QED) is 0.781. The Kier molecular flexibility index (Phi) is 5.52. The first kappa shape index (κ1) is 15.4. The van der Waals surface area contributed by atoms with Crippen molar-refractivity contribution in [2.75, 3.05) is 6.26 Å². The number of hydrogen-bond acceptors (Lipinski definition) is 3. The summed E-state index contributed by atoms with van der Waals surface area (Å²) in [5.41, 5.74) is 7.02. The monoisotopic (exact) mass is 351 g/mol. The van der Waals surface area contributed by atoms with Crippen LogP contribution in [-0.2, 0) is 6.42 Å². The topological polar surface area (TPSA) is 35.2 Å². The molecule has 0 spiro atoms. The summed E-state index contributed by atoms with van der Waals surface area (Å²) in [6, 6.07) is 14.2. The van der Waals surface area contributed by atoms with Crippen molar-refractivity contribution in [3.05, 3.63) is 52.5 Å². The fourth-order valence-corrected chi connectivity index (χ4v) is 2.74. The molecule has 0 saturated carbocycles. The fraction of sp³-hybridized carbons (Fsp3) is 0.250. The van der Waals surface area contributed by atoms with Crippen molar-refractivity contribution in [3.8, 4) is 11.5 Å². The molecule has 4 heteroatoms. The third kappa shape index (κ3) is 4.27. The van der Waals surface area contributed by atoms with Crippen molar-refractivity contribution in [1.82, 2.24) is 0 Å². The number of thioether (sulfide) groups is 1. The zero-order valence-electron chi connectivity index (χ0n) is 11.6. The number of halogens is 1. The maximum atomic E-state index is 5.98. The Morgan fingerprint density at radius 3 is 2.50 bits per heavy atom. The fourth-order valence-electron chi connectivity index (χ4n) is 1.92. The van der Waals surface area contributed by atoms with E-state index < -0.39 is 0 Å². The van der Waals surface area contributed by atoms with E-state index in [1.165, 1.54) is 4.90 Å². The first-order valence-electron chi connectivity index (χ1n) is 6.44. The van der Waals surface area contributed by atoms with Gasteiger partial charge in [-0.2, -0.15) is 0 Å². The van der Waals surface area contributed by atoms with E-state index in [-0.39, 0.29) is 6.04 Å². The van der Waals surface area contributed by atoms with Gasteiger partial charge in [0.1, 0.15) is 11.5 Å². The third-order valence-electron chi connectivity index (χ3n) is 2.85. The van der Waals surface area contributed by atoms with Crippen molar-refractivity contribution in [1.29, 1.82) is 0 Å². The SMILES string of the molecule is CSc1ccc(Oc2ccc(Br)cc2CC(C)N)cc1. The average molecular weight is 352 g/mol. The van der Waals surface area contributed by atoms with Gasteiger partial charge in [0.2, 0.25) is 0 Å². The summed E-state index contributed by atoms with van der Waals surface area (Å²) in [5, 5.41) is 0. The van der Waals surface area contributed by atoms with Crippen LogP contribution in [0.15, 0.2) is 51.8 Å². The molecule has 106 valence electrons. The lowest BCUT2D eigenvalue weighted by atomic mass is 10.1. The number of rotatable bonds is 5. The minimum Gasteiger partial charge on any atom is -0.457 e. The van der Waals surface area contributed by atoms with Crippen LogP contribution in [0.1, 0.15) is 12.5 Å². The van der Waals surface area contributed by atoms with Gasteiger partial charge in [-0.15, -0.1) is 11.8 Å². The van der Waals surface area contributed by atoms with E-state index in [1.807, 2.05) is 31.2 Å². The molecule has 0 aromatic heterocycles. The Balaban J connectivity index is 2.22. The molecule has 0 heterocycles. The molecule has 2 aromatic carbocycles. The highest BCUT2D eigenvalue weighted by atomic mass is 79.9. The Morgan fingerprint density at radius 1 is 1.20 bits per heavy atom. The van der Waals surface area contributed by atoms with Crippen LogP contribution in [0.2, 0.25) is 0 Å². The molecule has 20 heavy (non-hydrogen) atoms. The predicted molar refractivity (Wildman–Crippen MR) is 89.8 cm³/mol. The smallest absolute Gasteiger partial charge is 0.130 e. The molecule has 0 amide bonds. The van der Waals surface area contributed by atoms with Crippen molar-refractivity contribution in [2.24, 2.45) is 5.73 Å². The number of hydrogen-bond donors (Lipinski definition) is 1. The second-order valence-corrected chi connectivity index (χ2v) is 6.51. The van der Waals surface area contributed by atoms with Gasteiger partial charge in [-0.25, -0.2) is 0 Å². The molecule has 0 bridgehead atoms. The normalized spacial score (nSPS) is 12.2. The molecule has 0 aliphatic heterocycles. The van der Waals surface area contributed by atoms with E-state index in [9.17, 15) is 0 Å². The summed E-state index contributed by atoms with van der Waals surface area (Å²) in [6.07, 6.45) is 2.85. The van der Waals surface area contributed by atoms with Crippen molar-refractivity contribution in [2.45, 2.75) is 24.3 Å². The molecule has 0 fully saturated rings. The van der Waals surface area contributed by atoms with Crippen LogP contribution in [0.3, 0.4) is 0 Å². The Hall–Kier alpha value is -0.970. The van der Waals surface area contributed by atoms with Crippen molar-refractivity contribution < 1.29 is 4.74 Å². The number of ether oxygens (including phenoxy) is 1. The summed E-state index contributed by atoms with van der Waals surface area (Å²) in [4.78, 5) is 1.23. The molecule has 1 unspecified atom stereocenters. The highest BCUT2D eigenvalue weighted by molar-refractivity contribution is 9.10. The van der Waals surface area contributed by atoms with Gasteiger partial charge in [0, 0.05) is 15.4 Å². The van der Waals surface area contributed by atoms with Gasteiger partial charge < -0.3 is 10.5 Å². The van der Waals surface area contributed by atoms with Crippen molar-refractivity contribution >= 4 is 27.7 Å². The molecular weight excluding hydrogens is 334 g/mol. The highest BCUT2D eigenvalue weighted by Gasteiger charge is 2.08. The molecule has 2 rings (SSSR count). The predicted octanol–water partition coefficient (Wildman–Crippen LogP) is 4.85. The van der Waals surface area contributed by atoms with Gasteiger partial charge >= 0.3 is 0 Å². The number of nitrogens with two attached hydrogens (primary N) is 1. The second-order valence-electron chi connectivity index (χ2n) is 4.71. The summed E-state index contributed by atoms with van der Waals surface area (Å²) >= 11 is 5.21. The van der Waals surface area contributed by atoms with E-state index in [4.69, 9.17) is 10.5 Å². The third-order valence-corrected chi connectivity index (χ3v) is 4.09. The molecule has 2 aromatic rings. The van der Waals surface area contributed by atoms with Gasteiger partial charge in [0.25, 0.3) is 0 Å². The molecule has 0 saturated heterocycles. The maximum Gasteiger partial charge on any atom is 0.130 e. The highest BCUT2D eigenvalue weighted by Crippen LogP contribution is 2.29. The Bertz CT molecular complexity index is 569. The van der Waals surface area contributed by atoms with Crippen LogP contribution >= 0.6 is 27.7 Å². The first-order valence-corrected chi connectivity index (χ1v) is 8.46. The Morgan fingerprint density at radius 2 is 1.90 bits per heavy atom. The molecule has 1 atom stereocenters. The standard InChI is InChI=1S/C16H18BrNOS/c1-11(18)9-12-10-13(17)3-8-16(12)19-14-4-6-15(20-2)7-5-14/h3-8,10-11H,9,18H2,1-2H3. The minimum atomic E-state index is 0.102. The van der Waals surface area contributed by atoms with E-state index in [0.717, 1.165) is 28.0 Å². The molecule has 2 nitrogen and oxygen atoms in total. The average Bonchev–Trinajstić information content (AvgIpc) is 2.42. The summed E-state index contributed by atoms with van der Waals surface area (Å²) < 4.78 is 7.02. The molecular formula is C16H18BrNOS. The van der Waals surface area contributed by atoms with Crippen LogP contribution in [0.4, 0.5) is 0 Å². The lowest BCUT2D eigenvalue weighted by molar-refractivity contribution is 0.473. The van der Waals surface area contributed by atoms with E-state index in [1.54, 1.807) is 11.8 Å². The molecule has 0 radical (unpaired) electrons. The van der Waals surface area contributed by atoms with Crippen LogP contribution < -0.4 is 10.5 Å². The summed E-state index contributed by atoms with van der Waals surface area (Å²) in [7, 11) is 0. The van der Waals surface area contributed by atoms with E-state index >= 15 is 0 Å². The van der Waals surface area contributed by atoms with Crippen LogP contribution in [0.25, 0.3) is 0 Å². The van der Waals surface area contributed by atoms with Crippen LogP contribution in [-0.4, -0.2) is 12.3 Å². The maximum absolute atomic E-state index is 5.98. The largest absolute Gasteiger partial charge is 0.457 e. The van der Waals surface area contributed by atoms with Gasteiger partial charge in [-0.1, -0.05) is 15.9 Å². The molecule has 2 N–H and O–H groups in total. The van der Waals surface area contributed by atoms with Gasteiger partial charge in [0.05, 0.1) is 0 Å². The van der Waals surface area contributed by atoms with Crippen LogP contribution in [0.5, 0.6) is 11.5 Å². The lowest BCUT2D eigenvalue weighted by Crippen LogP contribution is -2.18. The minimum absolute atomic E-state index is 0.102.